The quantitative estimate of drug-likeness (QED) is 0.827. The molecule has 0 aliphatic heterocycles. The van der Waals surface area contributed by atoms with E-state index < -0.39 is 5.56 Å². The average Bonchev–Trinajstić information content (AvgIpc) is 2.41. The van der Waals surface area contributed by atoms with E-state index in [0.717, 1.165) is 9.13 Å². The zero-order chi connectivity index (χ0) is 14.0. The first kappa shape index (κ1) is 13.9. The van der Waals surface area contributed by atoms with Crippen LogP contribution in [0.1, 0.15) is 12.5 Å². The molecule has 0 radical (unpaired) electrons. The number of hydrogen-bond donors (Lipinski definition) is 1. The van der Waals surface area contributed by atoms with Gasteiger partial charge in [0.1, 0.15) is 5.69 Å². The van der Waals surface area contributed by atoms with Crippen LogP contribution in [0.2, 0.25) is 0 Å². The highest BCUT2D eigenvalue weighted by Gasteiger charge is 2.08. The lowest BCUT2D eigenvalue weighted by molar-refractivity contribution is 0.603. The fourth-order valence-corrected chi connectivity index (χ4v) is 2.17. The van der Waals surface area contributed by atoms with Crippen molar-refractivity contribution in [2.24, 2.45) is 0 Å². The topological polar surface area (TPSA) is 70.0 Å². The normalized spacial score (nSPS) is 10.6. The lowest BCUT2D eigenvalue weighted by atomic mass is 10.2. The Bertz CT molecular complexity index is 701. The SMILES string of the molecule is CCn1cc(N)c(=O)n(Cc2ccc(I)cc2)c1=O. The predicted molar refractivity (Wildman–Crippen MR) is 83.3 cm³/mol. The average molecular weight is 371 g/mol. The van der Waals surface area contributed by atoms with E-state index in [-0.39, 0.29) is 17.9 Å². The van der Waals surface area contributed by atoms with Crippen molar-refractivity contribution in [1.82, 2.24) is 9.13 Å². The van der Waals surface area contributed by atoms with Crippen LogP contribution in [-0.2, 0) is 13.1 Å². The largest absolute Gasteiger partial charge is 0.393 e. The molecule has 1 heterocycles. The maximum absolute atomic E-state index is 12.1. The smallest absolute Gasteiger partial charge is 0.331 e. The van der Waals surface area contributed by atoms with Crippen molar-refractivity contribution in [3.05, 3.63) is 60.4 Å². The van der Waals surface area contributed by atoms with Crippen LogP contribution in [0.25, 0.3) is 0 Å². The van der Waals surface area contributed by atoms with Crippen LogP contribution in [-0.4, -0.2) is 9.13 Å². The molecule has 0 saturated heterocycles. The number of nitrogen functional groups attached to an aromatic ring is 1. The predicted octanol–water partition coefficient (Wildman–Crippen LogP) is 1.26. The van der Waals surface area contributed by atoms with E-state index in [0.29, 0.717) is 6.54 Å². The maximum Gasteiger partial charge on any atom is 0.331 e. The molecule has 5 nitrogen and oxygen atoms in total. The second-order valence-electron chi connectivity index (χ2n) is 4.17. The Morgan fingerprint density at radius 3 is 2.42 bits per heavy atom. The highest BCUT2D eigenvalue weighted by molar-refractivity contribution is 14.1. The lowest BCUT2D eigenvalue weighted by Crippen LogP contribution is -2.40. The zero-order valence-electron chi connectivity index (χ0n) is 10.5. The minimum absolute atomic E-state index is 0.0898. The summed E-state index contributed by atoms with van der Waals surface area (Å²) < 4.78 is 3.71. The van der Waals surface area contributed by atoms with Gasteiger partial charge in [-0.25, -0.2) is 4.79 Å². The molecule has 0 saturated carbocycles. The van der Waals surface area contributed by atoms with Gasteiger partial charge in [0.2, 0.25) is 0 Å². The van der Waals surface area contributed by atoms with Crippen molar-refractivity contribution in [1.29, 1.82) is 0 Å². The van der Waals surface area contributed by atoms with Gasteiger partial charge in [0.05, 0.1) is 6.54 Å². The van der Waals surface area contributed by atoms with Crippen molar-refractivity contribution in [3.8, 4) is 0 Å². The number of aromatic nitrogens is 2. The highest BCUT2D eigenvalue weighted by atomic mass is 127. The molecule has 0 bridgehead atoms. The lowest BCUT2D eigenvalue weighted by Gasteiger charge is -2.10. The Hall–Kier alpha value is -1.57. The van der Waals surface area contributed by atoms with Crippen LogP contribution in [0.3, 0.4) is 0 Å². The van der Waals surface area contributed by atoms with Gasteiger partial charge in [-0.15, -0.1) is 0 Å². The van der Waals surface area contributed by atoms with E-state index in [4.69, 9.17) is 5.73 Å². The van der Waals surface area contributed by atoms with Gasteiger partial charge in [0.25, 0.3) is 5.56 Å². The molecular formula is C13H14IN3O2. The summed E-state index contributed by atoms with van der Waals surface area (Å²) in [6.45, 7) is 2.55. The summed E-state index contributed by atoms with van der Waals surface area (Å²) in [5, 5.41) is 0. The first-order valence-corrected chi connectivity index (χ1v) is 6.95. The van der Waals surface area contributed by atoms with E-state index in [1.165, 1.54) is 15.3 Å². The minimum atomic E-state index is -0.437. The van der Waals surface area contributed by atoms with Gasteiger partial charge in [-0.2, -0.15) is 0 Å². The maximum atomic E-state index is 12.1. The number of halogens is 1. The molecule has 2 N–H and O–H groups in total. The first-order chi connectivity index (χ1) is 9.02. The van der Waals surface area contributed by atoms with Crippen molar-refractivity contribution >= 4 is 28.3 Å². The minimum Gasteiger partial charge on any atom is -0.393 e. The van der Waals surface area contributed by atoms with Crippen LogP contribution in [0.5, 0.6) is 0 Å². The number of rotatable bonds is 3. The molecule has 6 heteroatoms. The fraction of sp³-hybridized carbons (Fsp3) is 0.231. The molecule has 100 valence electrons. The summed E-state index contributed by atoms with van der Waals surface area (Å²) in [6.07, 6.45) is 1.40. The van der Waals surface area contributed by atoms with Crippen LogP contribution in [0.4, 0.5) is 5.69 Å². The summed E-state index contributed by atoms with van der Waals surface area (Å²) in [5.41, 5.74) is 5.87. The molecular weight excluding hydrogens is 357 g/mol. The standard InChI is InChI=1S/C13H14IN3O2/c1-2-16-8-11(15)12(18)17(13(16)19)7-9-3-5-10(14)6-4-9/h3-6,8H,2,7,15H2,1H3. The van der Waals surface area contributed by atoms with Crippen LogP contribution in [0, 0.1) is 3.57 Å². The van der Waals surface area contributed by atoms with Gasteiger partial charge in [-0.05, 0) is 47.2 Å². The van der Waals surface area contributed by atoms with E-state index in [9.17, 15) is 9.59 Å². The van der Waals surface area contributed by atoms with Gasteiger partial charge < -0.3 is 5.73 Å². The summed E-state index contributed by atoms with van der Waals surface area (Å²) in [5.74, 6) is 0. The zero-order valence-corrected chi connectivity index (χ0v) is 12.6. The van der Waals surface area contributed by atoms with Crippen molar-refractivity contribution in [2.75, 3.05) is 5.73 Å². The van der Waals surface area contributed by atoms with Crippen LogP contribution in [0.15, 0.2) is 40.1 Å². The third kappa shape index (κ3) is 2.89. The molecule has 0 aliphatic rings. The third-order valence-electron chi connectivity index (χ3n) is 2.86. The second kappa shape index (κ2) is 5.60. The van der Waals surface area contributed by atoms with Crippen LogP contribution < -0.4 is 17.0 Å². The number of nitrogens with two attached hydrogens (primary N) is 1. The molecule has 0 atom stereocenters. The number of anilines is 1. The monoisotopic (exact) mass is 371 g/mol. The van der Waals surface area contributed by atoms with E-state index in [1.54, 1.807) is 0 Å². The van der Waals surface area contributed by atoms with Gasteiger partial charge in [-0.1, -0.05) is 12.1 Å². The Morgan fingerprint density at radius 1 is 1.21 bits per heavy atom. The molecule has 19 heavy (non-hydrogen) atoms. The van der Waals surface area contributed by atoms with E-state index >= 15 is 0 Å². The first-order valence-electron chi connectivity index (χ1n) is 5.87. The fourth-order valence-electron chi connectivity index (χ4n) is 1.81. The van der Waals surface area contributed by atoms with Crippen molar-refractivity contribution < 1.29 is 0 Å². The summed E-state index contributed by atoms with van der Waals surface area (Å²) in [7, 11) is 0. The third-order valence-corrected chi connectivity index (χ3v) is 3.58. The Labute approximate surface area is 123 Å². The Morgan fingerprint density at radius 2 is 1.84 bits per heavy atom. The molecule has 0 aliphatic carbocycles. The number of benzene rings is 1. The van der Waals surface area contributed by atoms with Gasteiger partial charge in [-0.3, -0.25) is 13.9 Å². The van der Waals surface area contributed by atoms with Crippen LogP contribution >= 0.6 is 22.6 Å². The molecule has 2 rings (SSSR count). The molecule has 0 unspecified atom stereocenters. The molecule has 0 amide bonds. The van der Waals surface area contributed by atoms with Gasteiger partial charge in [0, 0.05) is 16.3 Å². The molecule has 1 aromatic carbocycles. The number of aryl methyl sites for hydroxylation is 1. The molecule has 0 fully saturated rings. The molecule has 0 spiro atoms. The van der Waals surface area contributed by atoms with Gasteiger partial charge >= 0.3 is 5.69 Å². The van der Waals surface area contributed by atoms with Crippen molar-refractivity contribution in [3.63, 3.8) is 0 Å². The second-order valence-corrected chi connectivity index (χ2v) is 5.42. The van der Waals surface area contributed by atoms with Crippen molar-refractivity contribution in [2.45, 2.75) is 20.0 Å². The highest BCUT2D eigenvalue weighted by Crippen LogP contribution is 2.07. The summed E-state index contributed by atoms with van der Waals surface area (Å²) in [4.78, 5) is 24.1. The number of hydrogen-bond acceptors (Lipinski definition) is 3. The Kier molecular flexibility index (Phi) is 4.08. The number of nitrogens with zero attached hydrogens (tertiary/aromatic N) is 2. The summed E-state index contributed by atoms with van der Waals surface area (Å²) in [6, 6.07) is 7.66. The molecule has 2 aromatic rings. The van der Waals surface area contributed by atoms with E-state index in [1.807, 2.05) is 31.2 Å². The summed E-state index contributed by atoms with van der Waals surface area (Å²) >= 11 is 2.20. The Balaban J connectivity index is 2.50. The molecule has 1 aromatic heterocycles. The van der Waals surface area contributed by atoms with Gasteiger partial charge in [0.15, 0.2) is 0 Å². The van der Waals surface area contributed by atoms with E-state index in [2.05, 4.69) is 22.6 Å².